The highest BCUT2D eigenvalue weighted by Gasteiger charge is 2.08. The van der Waals surface area contributed by atoms with E-state index in [2.05, 4.69) is 20.0 Å². The minimum atomic E-state index is -0.270. The summed E-state index contributed by atoms with van der Waals surface area (Å²) in [5, 5.41) is 0. The lowest BCUT2D eigenvalue weighted by atomic mass is 9.87. The second-order valence-corrected chi connectivity index (χ2v) is 4.12. The van der Waals surface area contributed by atoms with Crippen LogP contribution in [0.15, 0.2) is 48.5 Å². The van der Waals surface area contributed by atoms with Gasteiger partial charge in [0.2, 0.25) is 0 Å². The molecule has 3 heteroatoms. The van der Waals surface area contributed by atoms with E-state index in [1.165, 1.54) is 5.46 Å². The molecule has 0 amide bonds. The van der Waals surface area contributed by atoms with Crippen LogP contribution in [-0.2, 0) is 4.74 Å². The third-order valence-electron chi connectivity index (χ3n) is 2.83. The van der Waals surface area contributed by atoms with Gasteiger partial charge in [0.1, 0.15) is 7.85 Å². The maximum Gasteiger partial charge on any atom is 0.338 e. The molecular weight excluding hydrogens is 223 g/mol. The quantitative estimate of drug-likeness (QED) is 0.601. The van der Waals surface area contributed by atoms with Gasteiger partial charge in [0.25, 0.3) is 0 Å². The van der Waals surface area contributed by atoms with Gasteiger partial charge in [-0.1, -0.05) is 41.9 Å². The van der Waals surface area contributed by atoms with Gasteiger partial charge in [-0.2, -0.15) is 0 Å². The normalized spacial score (nSPS) is 10.1. The molecule has 0 bridgehead atoms. The fraction of sp³-hybridized carbons (Fsp3) is 0.133. The van der Waals surface area contributed by atoms with E-state index in [0.717, 1.165) is 11.1 Å². The Morgan fingerprint density at radius 1 is 1.17 bits per heavy atom. The molecule has 0 spiro atoms. The Labute approximate surface area is 108 Å². The summed E-state index contributed by atoms with van der Waals surface area (Å²) in [4.78, 5) is 11.7. The summed E-state index contributed by atoms with van der Waals surface area (Å²) in [5.74, 6) is -0.270. The Kier molecular flexibility index (Phi) is 3.83. The maximum absolute atomic E-state index is 11.7. The molecule has 0 radical (unpaired) electrons. The first kappa shape index (κ1) is 12.4. The number of ether oxygens (including phenoxy) is 1. The van der Waals surface area contributed by atoms with Crippen molar-refractivity contribution in [2.75, 3.05) is 6.61 Å². The van der Waals surface area contributed by atoms with E-state index >= 15 is 0 Å². The molecule has 0 saturated heterocycles. The fourth-order valence-corrected chi connectivity index (χ4v) is 1.92. The molecule has 0 N–H and O–H groups in total. The summed E-state index contributed by atoms with van der Waals surface area (Å²) in [7, 11) is 2.06. The number of hydrogen-bond acceptors (Lipinski definition) is 2. The number of carbonyl (C=O) groups excluding carboxylic acids is 1. The van der Waals surface area contributed by atoms with Crippen LogP contribution in [0.2, 0.25) is 0 Å². The Balaban J connectivity index is 2.39. The highest BCUT2D eigenvalue weighted by atomic mass is 16.5. The van der Waals surface area contributed by atoms with Crippen molar-refractivity contribution in [2.24, 2.45) is 0 Å². The third kappa shape index (κ3) is 2.62. The summed E-state index contributed by atoms with van der Waals surface area (Å²) in [6.45, 7) is 2.20. The van der Waals surface area contributed by atoms with Gasteiger partial charge in [-0.25, -0.2) is 4.79 Å². The molecule has 0 fully saturated rings. The molecule has 0 unspecified atom stereocenters. The van der Waals surface area contributed by atoms with Crippen molar-refractivity contribution in [3.8, 4) is 11.1 Å². The van der Waals surface area contributed by atoms with E-state index in [4.69, 9.17) is 4.74 Å². The lowest BCUT2D eigenvalue weighted by Gasteiger charge is -2.08. The topological polar surface area (TPSA) is 26.3 Å². The second-order valence-electron chi connectivity index (χ2n) is 4.12. The first-order valence-corrected chi connectivity index (χ1v) is 6.05. The SMILES string of the molecule is Bc1ccccc1-c1cccc(C(=O)OCC)c1. The van der Waals surface area contributed by atoms with Gasteiger partial charge in [-0.3, -0.25) is 0 Å². The second kappa shape index (κ2) is 5.54. The van der Waals surface area contributed by atoms with Crippen LogP contribution in [0.4, 0.5) is 0 Å². The van der Waals surface area contributed by atoms with Crippen LogP contribution < -0.4 is 5.46 Å². The standard InChI is InChI=1S/C15H15BO2/c1-2-18-15(17)12-7-5-6-11(10-12)13-8-3-4-9-14(13)16/h3-10H,2,16H2,1H3. The fourth-order valence-electron chi connectivity index (χ4n) is 1.92. The zero-order valence-corrected chi connectivity index (χ0v) is 10.6. The molecule has 90 valence electrons. The minimum Gasteiger partial charge on any atom is -0.462 e. The Morgan fingerprint density at radius 3 is 2.67 bits per heavy atom. The van der Waals surface area contributed by atoms with E-state index in [-0.39, 0.29) is 5.97 Å². The molecule has 0 saturated carbocycles. The molecule has 0 heterocycles. The summed E-state index contributed by atoms with van der Waals surface area (Å²) in [5.41, 5.74) is 3.97. The van der Waals surface area contributed by atoms with Crippen LogP contribution in [0.1, 0.15) is 17.3 Å². The van der Waals surface area contributed by atoms with Gasteiger partial charge in [-0.05, 0) is 30.2 Å². The van der Waals surface area contributed by atoms with Crippen LogP contribution in [0, 0.1) is 0 Å². The van der Waals surface area contributed by atoms with Crippen LogP contribution >= 0.6 is 0 Å². The summed E-state index contributed by atoms with van der Waals surface area (Å²) >= 11 is 0. The van der Waals surface area contributed by atoms with E-state index in [0.29, 0.717) is 12.2 Å². The highest BCUT2D eigenvalue weighted by molar-refractivity contribution is 6.35. The minimum absolute atomic E-state index is 0.270. The Bertz CT molecular complexity index is 564. The summed E-state index contributed by atoms with van der Waals surface area (Å²) < 4.78 is 5.01. The summed E-state index contributed by atoms with van der Waals surface area (Å²) in [6.07, 6.45) is 0. The predicted molar refractivity (Wildman–Crippen MR) is 76.0 cm³/mol. The molecule has 2 nitrogen and oxygen atoms in total. The maximum atomic E-state index is 11.7. The van der Waals surface area contributed by atoms with E-state index in [1.807, 2.05) is 37.3 Å². The van der Waals surface area contributed by atoms with Crippen LogP contribution in [-0.4, -0.2) is 20.4 Å². The van der Waals surface area contributed by atoms with Crippen LogP contribution in [0.25, 0.3) is 11.1 Å². The largest absolute Gasteiger partial charge is 0.462 e. The highest BCUT2D eigenvalue weighted by Crippen LogP contribution is 2.18. The number of carbonyl (C=O) groups is 1. The van der Waals surface area contributed by atoms with E-state index < -0.39 is 0 Å². The molecular formula is C15H15BO2. The smallest absolute Gasteiger partial charge is 0.338 e. The molecule has 2 aromatic carbocycles. The van der Waals surface area contributed by atoms with E-state index in [1.54, 1.807) is 6.07 Å². The average Bonchev–Trinajstić information content (AvgIpc) is 2.40. The zero-order chi connectivity index (χ0) is 13.0. The molecule has 0 aromatic heterocycles. The first-order chi connectivity index (χ1) is 8.72. The van der Waals surface area contributed by atoms with E-state index in [9.17, 15) is 4.79 Å². The zero-order valence-electron chi connectivity index (χ0n) is 10.6. The number of hydrogen-bond donors (Lipinski definition) is 0. The van der Waals surface area contributed by atoms with Crippen molar-refractivity contribution < 1.29 is 9.53 Å². The van der Waals surface area contributed by atoms with Crippen molar-refractivity contribution >= 4 is 19.3 Å². The Hall–Kier alpha value is -2.03. The predicted octanol–water partition coefficient (Wildman–Crippen LogP) is 1.79. The number of rotatable bonds is 3. The van der Waals surface area contributed by atoms with Crippen molar-refractivity contribution in [3.63, 3.8) is 0 Å². The average molecular weight is 238 g/mol. The summed E-state index contributed by atoms with van der Waals surface area (Å²) in [6, 6.07) is 15.7. The van der Waals surface area contributed by atoms with Crippen molar-refractivity contribution in [1.29, 1.82) is 0 Å². The Morgan fingerprint density at radius 2 is 1.94 bits per heavy atom. The first-order valence-electron chi connectivity index (χ1n) is 6.05. The van der Waals surface area contributed by atoms with Crippen LogP contribution in [0.5, 0.6) is 0 Å². The van der Waals surface area contributed by atoms with Crippen molar-refractivity contribution in [1.82, 2.24) is 0 Å². The van der Waals surface area contributed by atoms with Gasteiger partial charge in [0.15, 0.2) is 0 Å². The van der Waals surface area contributed by atoms with Gasteiger partial charge in [0, 0.05) is 0 Å². The molecule has 18 heavy (non-hydrogen) atoms. The molecule has 0 atom stereocenters. The van der Waals surface area contributed by atoms with Gasteiger partial charge >= 0.3 is 5.97 Å². The molecule has 2 rings (SSSR count). The molecule has 0 aliphatic carbocycles. The molecule has 2 aromatic rings. The lowest BCUT2D eigenvalue weighted by Crippen LogP contribution is -2.07. The number of benzene rings is 2. The van der Waals surface area contributed by atoms with Crippen molar-refractivity contribution in [3.05, 3.63) is 54.1 Å². The monoisotopic (exact) mass is 238 g/mol. The molecule has 0 aliphatic rings. The van der Waals surface area contributed by atoms with Crippen LogP contribution in [0.3, 0.4) is 0 Å². The van der Waals surface area contributed by atoms with Gasteiger partial charge < -0.3 is 4.74 Å². The van der Waals surface area contributed by atoms with Gasteiger partial charge in [0.05, 0.1) is 12.2 Å². The van der Waals surface area contributed by atoms with Crippen molar-refractivity contribution in [2.45, 2.75) is 6.92 Å². The third-order valence-corrected chi connectivity index (χ3v) is 2.83. The molecule has 0 aliphatic heterocycles. The lowest BCUT2D eigenvalue weighted by molar-refractivity contribution is 0.0526. The van der Waals surface area contributed by atoms with Gasteiger partial charge in [-0.15, -0.1) is 0 Å². The number of esters is 1.